The third-order valence-electron chi connectivity index (χ3n) is 4.85. The van der Waals surface area contributed by atoms with Gasteiger partial charge in [-0.3, -0.25) is 4.79 Å². The molecule has 0 aliphatic heterocycles. The van der Waals surface area contributed by atoms with Crippen LogP contribution in [0, 0.1) is 0 Å². The lowest BCUT2D eigenvalue weighted by Crippen LogP contribution is -2.21. The average molecular weight is 462 g/mol. The minimum absolute atomic E-state index is 0.00239. The van der Waals surface area contributed by atoms with Crippen molar-refractivity contribution in [2.45, 2.75) is 13.8 Å². The summed E-state index contributed by atoms with van der Waals surface area (Å²) in [6.45, 7) is 4.19. The molecule has 2 heterocycles. The van der Waals surface area contributed by atoms with E-state index in [1.54, 1.807) is 38.3 Å². The Balaban J connectivity index is 1.67. The minimum Gasteiger partial charge on any atom is -0.497 e. The van der Waals surface area contributed by atoms with Crippen molar-refractivity contribution < 1.29 is 18.9 Å². The molecular weight excluding hydrogens is 440 g/mol. The van der Waals surface area contributed by atoms with Crippen LogP contribution in [0.25, 0.3) is 17.1 Å². The zero-order valence-electron chi connectivity index (χ0n) is 18.7. The zero-order valence-corrected chi connectivity index (χ0v) is 18.7. The van der Waals surface area contributed by atoms with Crippen LogP contribution >= 0.6 is 0 Å². The lowest BCUT2D eigenvalue weighted by Gasteiger charge is -2.08. The Bertz CT molecular complexity index is 1310. The predicted octanol–water partition coefficient (Wildman–Crippen LogP) is 2.46. The first kappa shape index (κ1) is 22.5. The smallest absolute Gasteiger partial charge is 0.294 e. The summed E-state index contributed by atoms with van der Waals surface area (Å²) in [5.74, 6) is 0.932. The summed E-state index contributed by atoms with van der Waals surface area (Å²) in [6, 6.07) is 14.4. The number of carbonyl (C=O) groups is 1. The molecule has 0 saturated heterocycles. The van der Waals surface area contributed by atoms with Crippen molar-refractivity contribution in [1.82, 2.24) is 30.7 Å². The summed E-state index contributed by atoms with van der Waals surface area (Å²) in [6.07, 6.45) is 0. The quantitative estimate of drug-likeness (QED) is 0.297. The van der Waals surface area contributed by atoms with Crippen LogP contribution in [0.3, 0.4) is 0 Å². The number of amides is 1. The number of hydrogen-bond acceptors (Lipinski definition) is 10. The highest BCUT2D eigenvalue weighted by molar-refractivity contribution is 6.02. The van der Waals surface area contributed by atoms with Crippen molar-refractivity contribution in [1.29, 1.82) is 0 Å². The molecule has 174 valence electrons. The molecule has 0 unspecified atom stereocenters. The topological polar surface area (TPSA) is 156 Å². The second kappa shape index (κ2) is 9.81. The number of nitrogens with two attached hydrogens (primary N) is 1. The number of benzene rings is 2. The van der Waals surface area contributed by atoms with Crippen LogP contribution in [0.5, 0.6) is 11.5 Å². The van der Waals surface area contributed by atoms with Gasteiger partial charge in [-0.25, -0.2) is 10.1 Å². The van der Waals surface area contributed by atoms with Crippen molar-refractivity contribution in [2.24, 2.45) is 5.10 Å². The Morgan fingerprint density at radius 1 is 1.12 bits per heavy atom. The van der Waals surface area contributed by atoms with Crippen molar-refractivity contribution in [3.05, 3.63) is 59.8 Å². The first-order valence-electron chi connectivity index (χ1n) is 10.3. The van der Waals surface area contributed by atoms with E-state index in [4.69, 9.17) is 19.8 Å². The summed E-state index contributed by atoms with van der Waals surface area (Å²) >= 11 is 0. The van der Waals surface area contributed by atoms with E-state index in [1.807, 2.05) is 31.2 Å². The number of nitrogens with one attached hydrogen (secondary N) is 1. The van der Waals surface area contributed by atoms with Gasteiger partial charge in [-0.05, 0) is 78.3 Å². The van der Waals surface area contributed by atoms with E-state index in [0.29, 0.717) is 29.3 Å². The molecule has 2 aromatic carbocycles. The van der Waals surface area contributed by atoms with Gasteiger partial charge in [0.15, 0.2) is 5.69 Å². The standard InChI is InChI=1S/C22H22N8O4/c1-4-33-17-11-7-15(8-12-17)19-18(25-29-30(19)21-20(23)27-34-28-21)22(31)26-24-13(2)14-5-9-16(32-3)10-6-14/h5-12H,4H2,1-3H3,(H2,23,27)(H,26,31). The van der Waals surface area contributed by atoms with Crippen LogP contribution in [0.2, 0.25) is 0 Å². The summed E-state index contributed by atoms with van der Waals surface area (Å²) < 4.78 is 16.6. The van der Waals surface area contributed by atoms with Gasteiger partial charge in [0, 0.05) is 5.56 Å². The van der Waals surface area contributed by atoms with E-state index in [1.165, 1.54) is 4.68 Å². The van der Waals surface area contributed by atoms with Gasteiger partial charge in [0.25, 0.3) is 5.91 Å². The Morgan fingerprint density at radius 3 is 2.44 bits per heavy atom. The van der Waals surface area contributed by atoms with Crippen LogP contribution in [-0.2, 0) is 0 Å². The maximum atomic E-state index is 13.0. The first-order chi connectivity index (χ1) is 16.5. The Labute approximate surface area is 194 Å². The number of hydrogen-bond donors (Lipinski definition) is 2. The summed E-state index contributed by atoms with van der Waals surface area (Å²) in [7, 11) is 1.59. The van der Waals surface area contributed by atoms with Crippen molar-refractivity contribution in [2.75, 3.05) is 19.5 Å². The second-order valence-electron chi connectivity index (χ2n) is 7.00. The van der Waals surface area contributed by atoms with E-state index in [-0.39, 0.29) is 17.3 Å². The molecule has 4 aromatic rings. The Hall–Kier alpha value is -4.74. The largest absolute Gasteiger partial charge is 0.497 e. The van der Waals surface area contributed by atoms with Gasteiger partial charge >= 0.3 is 0 Å². The number of ether oxygens (including phenoxy) is 2. The second-order valence-corrected chi connectivity index (χ2v) is 7.00. The lowest BCUT2D eigenvalue weighted by atomic mass is 10.1. The SMILES string of the molecule is CCOc1ccc(-c2c(C(=O)NN=C(C)c3ccc(OC)cc3)nnn2-c2nonc2N)cc1. The number of hydrazone groups is 1. The first-order valence-corrected chi connectivity index (χ1v) is 10.3. The molecule has 0 saturated carbocycles. The van der Waals surface area contributed by atoms with E-state index >= 15 is 0 Å². The summed E-state index contributed by atoms with van der Waals surface area (Å²) in [4.78, 5) is 13.0. The molecule has 0 atom stereocenters. The molecule has 0 radical (unpaired) electrons. The fourth-order valence-electron chi connectivity index (χ4n) is 3.14. The summed E-state index contributed by atoms with van der Waals surface area (Å²) in [5, 5.41) is 19.6. The predicted molar refractivity (Wildman–Crippen MR) is 123 cm³/mol. The van der Waals surface area contributed by atoms with E-state index < -0.39 is 5.91 Å². The molecule has 3 N–H and O–H groups in total. The maximum absolute atomic E-state index is 13.0. The van der Waals surface area contributed by atoms with E-state index in [9.17, 15) is 4.79 Å². The van der Waals surface area contributed by atoms with Crippen molar-refractivity contribution in [3.8, 4) is 28.6 Å². The van der Waals surface area contributed by atoms with Gasteiger partial charge in [-0.15, -0.1) is 5.10 Å². The number of aromatic nitrogens is 5. The molecule has 0 spiro atoms. The van der Waals surface area contributed by atoms with Gasteiger partial charge in [-0.1, -0.05) is 5.21 Å². The van der Waals surface area contributed by atoms with Crippen LogP contribution in [0.15, 0.2) is 58.3 Å². The molecule has 0 fully saturated rings. The van der Waals surface area contributed by atoms with Gasteiger partial charge in [-0.2, -0.15) is 9.78 Å². The minimum atomic E-state index is -0.571. The van der Waals surface area contributed by atoms with Gasteiger partial charge in [0.05, 0.1) is 19.4 Å². The molecular formula is C22H22N8O4. The number of nitrogens with zero attached hydrogens (tertiary/aromatic N) is 6. The van der Waals surface area contributed by atoms with Crippen LogP contribution in [0.4, 0.5) is 5.82 Å². The third kappa shape index (κ3) is 4.55. The molecule has 0 aliphatic rings. The molecule has 12 nitrogen and oxygen atoms in total. The molecule has 4 rings (SSSR count). The van der Waals surface area contributed by atoms with Gasteiger partial charge < -0.3 is 15.2 Å². The van der Waals surface area contributed by atoms with Gasteiger partial charge in [0.1, 0.15) is 17.2 Å². The Morgan fingerprint density at radius 2 is 1.82 bits per heavy atom. The van der Waals surface area contributed by atoms with Crippen molar-refractivity contribution >= 4 is 17.4 Å². The molecule has 1 amide bonds. The monoisotopic (exact) mass is 462 g/mol. The van der Waals surface area contributed by atoms with E-state index in [2.05, 4.69) is 31.2 Å². The number of carbonyl (C=O) groups excluding carboxylic acids is 1. The molecule has 2 aromatic heterocycles. The zero-order chi connectivity index (χ0) is 24.1. The fraction of sp³-hybridized carbons (Fsp3) is 0.182. The number of methoxy groups -OCH3 is 1. The number of anilines is 1. The normalized spacial score (nSPS) is 11.3. The molecule has 12 heteroatoms. The maximum Gasteiger partial charge on any atom is 0.294 e. The number of nitrogen functional groups attached to an aromatic ring is 1. The number of rotatable bonds is 8. The third-order valence-corrected chi connectivity index (χ3v) is 4.85. The van der Waals surface area contributed by atoms with Crippen LogP contribution < -0.4 is 20.6 Å². The van der Waals surface area contributed by atoms with E-state index in [0.717, 1.165) is 11.3 Å². The van der Waals surface area contributed by atoms with Gasteiger partial charge in [0.2, 0.25) is 11.6 Å². The fourth-order valence-corrected chi connectivity index (χ4v) is 3.14. The average Bonchev–Trinajstić information content (AvgIpc) is 3.49. The Kier molecular flexibility index (Phi) is 6.48. The molecule has 0 aliphatic carbocycles. The highest BCUT2D eigenvalue weighted by atomic mass is 16.6. The van der Waals surface area contributed by atoms with Crippen LogP contribution in [-0.4, -0.2) is 50.6 Å². The highest BCUT2D eigenvalue weighted by Crippen LogP contribution is 2.28. The van der Waals surface area contributed by atoms with Crippen LogP contribution in [0.1, 0.15) is 29.9 Å². The molecule has 0 bridgehead atoms. The highest BCUT2D eigenvalue weighted by Gasteiger charge is 2.25. The lowest BCUT2D eigenvalue weighted by molar-refractivity contribution is 0.0950. The van der Waals surface area contributed by atoms with Crippen molar-refractivity contribution in [3.63, 3.8) is 0 Å². The molecule has 34 heavy (non-hydrogen) atoms. The summed E-state index contributed by atoms with van der Waals surface area (Å²) in [5.41, 5.74) is 10.8.